The van der Waals surface area contributed by atoms with Crippen LogP contribution in [-0.2, 0) is 6.42 Å². The van der Waals surface area contributed by atoms with Crippen molar-refractivity contribution in [1.29, 1.82) is 0 Å². The van der Waals surface area contributed by atoms with Gasteiger partial charge in [-0.05, 0) is 50.7 Å². The van der Waals surface area contributed by atoms with Crippen molar-refractivity contribution in [2.45, 2.75) is 25.8 Å². The van der Waals surface area contributed by atoms with Gasteiger partial charge in [-0.2, -0.15) is 0 Å². The highest BCUT2D eigenvalue weighted by molar-refractivity contribution is 9.10. The minimum atomic E-state index is 0.232. The van der Waals surface area contributed by atoms with Crippen LogP contribution in [0.1, 0.15) is 18.9 Å². The molecule has 1 aromatic rings. The summed E-state index contributed by atoms with van der Waals surface area (Å²) in [6.45, 7) is 4.20. The molecule has 108 valence electrons. The summed E-state index contributed by atoms with van der Waals surface area (Å²) in [7, 11) is 6.35. The summed E-state index contributed by atoms with van der Waals surface area (Å²) in [5.74, 6) is 0. The van der Waals surface area contributed by atoms with Crippen LogP contribution in [0.3, 0.4) is 0 Å². The van der Waals surface area contributed by atoms with E-state index in [9.17, 15) is 0 Å². The first-order valence-electron chi connectivity index (χ1n) is 6.84. The molecule has 3 nitrogen and oxygen atoms in total. The van der Waals surface area contributed by atoms with Crippen molar-refractivity contribution in [1.82, 2.24) is 4.90 Å². The van der Waals surface area contributed by atoms with E-state index in [2.05, 4.69) is 72.0 Å². The normalized spacial score (nSPS) is 12.8. The molecule has 0 amide bonds. The van der Waals surface area contributed by atoms with Crippen LogP contribution in [-0.4, -0.2) is 45.2 Å². The fraction of sp³-hybridized carbons (Fsp3) is 0.600. The van der Waals surface area contributed by atoms with Crippen LogP contribution in [0, 0.1) is 0 Å². The molecule has 0 aliphatic carbocycles. The summed E-state index contributed by atoms with van der Waals surface area (Å²) < 4.78 is 1.12. The summed E-state index contributed by atoms with van der Waals surface area (Å²) in [5.41, 5.74) is 8.71. The molecule has 1 unspecified atom stereocenters. The lowest BCUT2D eigenvalue weighted by Gasteiger charge is -2.25. The molecular formula is C15H26BrN3. The molecule has 2 N–H and O–H groups in total. The molecule has 19 heavy (non-hydrogen) atoms. The van der Waals surface area contributed by atoms with Crippen molar-refractivity contribution in [2.75, 3.05) is 39.1 Å². The van der Waals surface area contributed by atoms with E-state index in [1.165, 1.54) is 11.3 Å². The summed E-state index contributed by atoms with van der Waals surface area (Å²) in [6.07, 6.45) is 1.94. The molecule has 0 aliphatic heterocycles. The number of rotatable bonds is 7. The molecule has 4 heteroatoms. The Labute approximate surface area is 125 Å². The van der Waals surface area contributed by atoms with E-state index in [4.69, 9.17) is 5.73 Å². The maximum absolute atomic E-state index is 6.10. The first-order chi connectivity index (χ1) is 8.93. The van der Waals surface area contributed by atoms with Crippen molar-refractivity contribution in [3.8, 4) is 0 Å². The lowest BCUT2D eigenvalue weighted by atomic mass is 10.0. The van der Waals surface area contributed by atoms with Crippen molar-refractivity contribution in [3.63, 3.8) is 0 Å². The molecule has 0 radical (unpaired) electrons. The molecule has 1 aromatic carbocycles. The first kappa shape index (κ1) is 16.5. The Morgan fingerprint density at radius 1 is 1.21 bits per heavy atom. The summed E-state index contributed by atoms with van der Waals surface area (Å²) >= 11 is 3.55. The second kappa shape index (κ2) is 7.88. The number of benzene rings is 1. The highest BCUT2D eigenvalue weighted by atomic mass is 79.9. The zero-order valence-electron chi connectivity index (χ0n) is 12.5. The lowest BCUT2D eigenvalue weighted by Crippen LogP contribution is -2.30. The number of likely N-dealkylation sites (N-methyl/N-ethyl adjacent to an activating group) is 2. The summed E-state index contributed by atoms with van der Waals surface area (Å²) in [4.78, 5) is 4.51. The Morgan fingerprint density at radius 2 is 1.89 bits per heavy atom. The maximum Gasteiger partial charge on any atom is 0.0397 e. The first-order valence-corrected chi connectivity index (χ1v) is 7.63. The molecule has 0 spiro atoms. The Bertz CT molecular complexity index is 393. The van der Waals surface area contributed by atoms with Gasteiger partial charge in [0.1, 0.15) is 0 Å². The fourth-order valence-electron chi connectivity index (χ4n) is 1.99. The Morgan fingerprint density at radius 3 is 2.47 bits per heavy atom. The van der Waals surface area contributed by atoms with Gasteiger partial charge in [0.05, 0.1) is 0 Å². The van der Waals surface area contributed by atoms with Crippen LogP contribution in [0.15, 0.2) is 22.7 Å². The Balaban J connectivity index is 2.85. The number of nitrogens with zero attached hydrogens (tertiary/aromatic N) is 2. The Hall–Kier alpha value is -0.580. The molecule has 0 saturated carbocycles. The number of hydrogen-bond donors (Lipinski definition) is 1. The molecule has 0 heterocycles. The lowest BCUT2D eigenvalue weighted by molar-refractivity contribution is 0.416. The molecule has 1 atom stereocenters. The quantitative estimate of drug-likeness (QED) is 0.835. The summed E-state index contributed by atoms with van der Waals surface area (Å²) in [6, 6.07) is 6.70. The second-order valence-corrected chi connectivity index (χ2v) is 6.29. The molecule has 0 fully saturated rings. The molecule has 0 aliphatic rings. The van der Waals surface area contributed by atoms with E-state index in [0.29, 0.717) is 0 Å². The number of hydrogen-bond acceptors (Lipinski definition) is 3. The molecule has 0 bridgehead atoms. The van der Waals surface area contributed by atoms with Crippen molar-refractivity contribution in [3.05, 3.63) is 28.2 Å². The topological polar surface area (TPSA) is 32.5 Å². The third-order valence-corrected chi connectivity index (χ3v) is 3.84. The van der Waals surface area contributed by atoms with Gasteiger partial charge in [0.2, 0.25) is 0 Å². The van der Waals surface area contributed by atoms with E-state index in [1.807, 2.05) is 0 Å². The zero-order valence-corrected chi connectivity index (χ0v) is 14.1. The van der Waals surface area contributed by atoms with E-state index < -0.39 is 0 Å². The molecule has 1 rings (SSSR count). The predicted octanol–water partition coefficient (Wildman–Crippen LogP) is 2.73. The van der Waals surface area contributed by atoms with Crippen LogP contribution in [0.4, 0.5) is 5.69 Å². The van der Waals surface area contributed by atoms with E-state index in [0.717, 1.165) is 30.4 Å². The van der Waals surface area contributed by atoms with Crippen LogP contribution < -0.4 is 10.6 Å². The fourth-order valence-corrected chi connectivity index (χ4v) is 2.40. The van der Waals surface area contributed by atoms with Crippen LogP contribution in [0.25, 0.3) is 0 Å². The van der Waals surface area contributed by atoms with Gasteiger partial charge in [-0.25, -0.2) is 0 Å². The zero-order chi connectivity index (χ0) is 14.4. The smallest absolute Gasteiger partial charge is 0.0397 e. The van der Waals surface area contributed by atoms with Crippen molar-refractivity contribution < 1.29 is 0 Å². The van der Waals surface area contributed by atoms with E-state index in [-0.39, 0.29) is 6.04 Å². The van der Waals surface area contributed by atoms with Gasteiger partial charge < -0.3 is 15.5 Å². The van der Waals surface area contributed by atoms with Gasteiger partial charge in [-0.3, -0.25) is 0 Å². The largest absolute Gasteiger partial charge is 0.373 e. The highest BCUT2D eigenvalue weighted by Gasteiger charge is 2.11. The van der Waals surface area contributed by atoms with Crippen LogP contribution in [0.5, 0.6) is 0 Å². The van der Waals surface area contributed by atoms with Gasteiger partial charge >= 0.3 is 0 Å². The van der Waals surface area contributed by atoms with E-state index >= 15 is 0 Å². The monoisotopic (exact) mass is 327 g/mol. The predicted molar refractivity (Wildman–Crippen MR) is 87.9 cm³/mol. The van der Waals surface area contributed by atoms with Crippen molar-refractivity contribution >= 4 is 21.6 Å². The molecule has 0 saturated heterocycles. The van der Waals surface area contributed by atoms with Crippen molar-refractivity contribution in [2.24, 2.45) is 5.73 Å². The average molecular weight is 328 g/mol. The third kappa shape index (κ3) is 5.51. The number of anilines is 1. The van der Waals surface area contributed by atoms with Crippen LogP contribution >= 0.6 is 15.9 Å². The van der Waals surface area contributed by atoms with E-state index in [1.54, 1.807) is 0 Å². The minimum absolute atomic E-state index is 0.232. The van der Waals surface area contributed by atoms with Gasteiger partial charge in [0.25, 0.3) is 0 Å². The van der Waals surface area contributed by atoms with Gasteiger partial charge in [0, 0.05) is 36.3 Å². The van der Waals surface area contributed by atoms with Gasteiger partial charge in [-0.1, -0.05) is 22.9 Å². The molecule has 0 aromatic heterocycles. The molecular weight excluding hydrogens is 302 g/mol. The van der Waals surface area contributed by atoms with Gasteiger partial charge in [-0.15, -0.1) is 0 Å². The maximum atomic E-state index is 6.10. The standard InChI is InChI=1S/C15H26BrN3/c1-5-14(17)11-12-10-13(16)6-7-15(12)19(4)9-8-18(2)3/h6-7,10,14H,5,8-9,11,17H2,1-4H3. The van der Waals surface area contributed by atoms with Gasteiger partial charge in [0.15, 0.2) is 0 Å². The third-order valence-electron chi connectivity index (χ3n) is 3.34. The Kier molecular flexibility index (Phi) is 6.83. The highest BCUT2D eigenvalue weighted by Crippen LogP contribution is 2.25. The second-order valence-electron chi connectivity index (χ2n) is 5.37. The number of nitrogens with two attached hydrogens (primary N) is 1. The SMILES string of the molecule is CCC(N)Cc1cc(Br)ccc1N(C)CCN(C)C. The number of halogens is 1. The average Bonchev–Trinajstić information content (AvgIpc) is 2.36. The summed E-state index contributed by atoms with van der Waals surface area (Å²) in [5, 5.41) is 0. The minimum Gasteiger partial charge on any atom is -0.373 e. The van der Waals surface area contributed by atoms with Crippen LogP contribution in [0.2, 0.25) is 0 Å².